The fraction of sp³-hybridized carbons (Fsp3) is 0. The van der Waals surface area contributed by atoms with Crippen LogP contribution in [0.4, 0.5) is 17.1 Å². The van der Waals surface area contributed by atoms with E-state index in [4.69, 9.17) is 0 Å². The van der Waals surface area contributed by atoms with Gasteiger partial charge in [-0.25, -0.2) is 0 Å². The van der Waals surface area contributed by atoms with E-state index in [1.807, 2.05) is 22.7 Å². The lowest BCUT2D eigenvalue weighted by atomic mass is 9.88. The van der Waals surface area contributed by atoms with Gasteiger partial charge in [-0.3, -0.25) is 0 Å². The predicted molar refractivity (Wildman–Crippen MR) is 250 cm³/mol. The Morgan fingerprint density at radius 3 is 1.63 bits per heavy atom. The van der Waals surface area contributed by atoms with Crippen LogP contribution in [-0.4, -0.2) is 0 Å². The SMILES string of the molecule is c1ccc2c(-c3c(N(c4ccc(-c5cccc6c5sc5ccccc56)cc4)c4ccc5c(c4)sc4ccccc45)c4ccccc4c4ccccc34)cccc2c1. The van der Waals surface area contributed by atoms with Gasteiger partial charge in [0.15, 0.2) is 0 Å². The maximum absolute atomic E-state index is 2.53. The molecule has 0 radical (unpaired) electrons. The van der Waals surface area contributed by atoms with Crippen LogP contribution in [0.15, 0.2) is 200 Å². The Bertz CT molecular complexity index is 3530. The number of rotatable bonds is 5. The molecular formula is C54H33NS2. The summed E-state index contributed by atoms with van der Waals surface area (Å²) in [5.74, 6) is 0. The van der Waals surface area contributed by atoms with Crippen molar-refractivity contribution in [2.75, 3.05) is 4.90 Å². The van der Waals surface area contributed by atoms with Crippen LogP contribution in [0.25, 0.3) is 94.9 Å². The zero-order valence-corrected chi connectivity index (χ0v) is 32.4. The van der Waals surface area contributed by atoms with Crippen molar-refractivity contribution in [1.29, 1.82) is 0 Å². The predicted octanol–water partition coefficient (Wildman–Crippen LogP) is 16.7. The number of benzene rings is 10. The topological polar surface area (TPSA) is 3.24 Å². The minimum Gasteiger partial charge on any atom is -0.309 e. The maximum Gasteiger partial charge on any atom is 0.0625 e. The van der Waals surface area contributed by atoms with Crippen molar-refractivity contribution < 1.29 is 0 Å². The van der Waals surface area contributed by atoms with Gasteiger partial charge < -0.3 is 4.90 Å². The quantitative estimate of drug-likeness (QED) is 0.158. The summed E-state index contributed by atoms with van der Waals surface area (Å²) < 4.78 is 5.24. The van der Waals surface area contributed by atoms with Gasteiger partial charge in [-0.05, 0) is 80.0 Å². The first-order chi connectivity index (χ1) is 28.3. The third kappa shape index (κ3) is 5.06. The van der Waals surface area contributed by atoms with Gasteiger partial charge in [0.2, 0.25) is 0 Å². The molecule has 0 aliphatic heterocycles. The first kappa shape index (κ1) is 32.5. The van der Waals surface area contributed by atoms with Crippen LogP contribution in [0.2, 0.25) is 0 Å². The van der Waals surface area contributed by atoms with Crippen LogP contribution in [0.5, 0.6) is 0 Å². The highest BCUT2D eigenvalue weighted by molar-refractivity contribution is 7.26. The number of thiophene rings is 2. The lowest BCUT2D eigenvalue weighted by Crippen LogP contribution is -2.12. The molecular weight excluding hydrogens is 727 g/mol. The Hall–Kier alpha value is -6.78. The summed E-state index contributed by atoms with van der Waals surface area (Å²) in [6.45, 7) is 0. The van der Waals surface area contributed by atoms with Gasteiger partial charge in [0, 0.05) is 62.7 Å². The summed E-state index contributed by atoms with van der Waals surface area (Å²) in [5, 5.41) is 12.7. The van der Waals surface area contributed by atoms with Crippen LogP contribution in [-0.2, 0) is 0 Å². The van der Waals surface area contributed by atoms with Crippen LogP contribution < -0.4 is 4.90 Å². The monoisotopic (exact) mass is 759 g/mol. The lowest BCUT2D eigenvalue weighted by molar-refractivity contribution is 1.31. The van der Waals surface area contributed by atoms with Gasteiger partial charge in [0.1, 0.15) is 0 Å². The van der Waals surface area contributed by atoms with Crippen molar-refractivity contribution in [3.8, 4) is 22.3 Å². The van der Waals surface area contributed by atoms with Crippen molar-refractivity contribution in [3.05, 3.63) is 200 Å². The fourth-order valence-electron chi connectivity index (χ4n) is 9.10. The summed E-state index contributed by atoms with van der Waals surface area (Å²) in [6, 6.07) is 74.1. The molecule has 2 aromatic heterocycles. The standard InChI is InChI=1S/C54H33NS2/c1-2-15-38-34(13-1)14-11-23-45(38)52-46-20-5-3-16-40(46)41-17-4-6-21-47(41)53(52)55(37-31-32-44-42-18-7-9-25-49(42)56-51(44)33-37)36-29-27-35(28-30-36)39-22-12-24-48-43-19-8-10-26-50(43)57-54(39)48/h1-33H. The maximum atomic E-state index is 2.53. The van der Waals surface area contributed by atoms with E-state index >= 15 is 0 Å². The molecule has 0 saturated heterocycles. The second-order valence-electron chi connectivity index (χ2n) is 14.8. The Balaban J connectivity index is 1.16. The molecule has 0 bridgehead atoms. The molecule has 266 valence electrons. The molecule has 0 spiro atoms. The highest BCUT2D eigenvalue weighted by Crippen LogP contribution is 2.52. The summed E-state index contributed by atoms with van der Waals surface area (Å²) in [4.78, 5) is 2.53. The second kappa shape index (κ2) is 12.9. The summed E-state index contributed by atoms with van der Waals surface area (Å²) in [6.07, 6.45) is 0. The minimum absolute atomic E-state index is 1.12. The van der Waals surface area contributed by atoms with E-state index in [9.17, 15) is 0 Å². The van der Waals surface area contributed by atoms with E-state index in [2.05, 4.69) is 205 Å². The lowest BCUT2D eigenvalue weighted by Gasteiger charge is -2.31. The van der Waals surface area contributed by atoms with E-state index in [0.717, 1.165) is 11.4 Å². The first-order valence-corrected chi connectivity index (χ1v) is 21.1. The van der Waals surface area contributed by atoms with Crippen molar-refractivity contribution in [3.63, 3.8) is 0 Å². The fourth-order valence-corrected chi connectivity index (χ4v) is 11.5. The molecule has 0 N–H and O–H groups in total. The average molecular weight is 760 g/mol. The van der Waals surface area contributed by atoms with Crippen LogP contribution in [0, 0.1) is 0 Å². The number of hydrogen-bond donors (Lipinski definition) is 0. The van der Waals surface area contributed by atoms with Gasteiger partial charge in [-0.15, -0.1) is 22.7 Å². The third-order valence-electron chi connectivity index (χ3n) is 11.6. The van der Waals surface area contributed by atoms with Crippen molar-refractivity contribution in [2.45, 2.75) is 0 Å². The molecule has 0 aliphatic rings. The van der Waals surface area contributed by atoms with Gasteiger partial charge in [0.25, 0.3) is 0 Å². The van der Waals surface area contributed by atoms with E-state index < -0.39 is 0 Å². The average Bonchev–Trinajstić information content (AvgIpc) is 3.85. The molecule has 3 heteroatoms. The number of fused-ring (bicyclic) bond motifs is 10. The molecule has 0 unspecified atom stereocenters. The number of anilines is 3. The minimum atomic E-state index is 1.12. The molecule has 10 aromatic carbocycles. The zero-order valence-electron chi connectivity index (χ0n) is 30.8. The molecule has 57 heavy (non-hydrogen) atoms. The van der Waals surface area contributed by atoms with Gasteiger partial charge >= 0.3 is 0 Å². The Kier molecular flexibility index (Phi) is 7.34. The van der Waals surface area contributed by atoms with E-state index in [-0.39, 0.29) is 0 Å². The Morgan fingerprint density at radius 2 is 0.842 bits per heavy atom. The van der Waals surface area contributed by atoms with Gasteiger partial charge in [0.05, 0.1) is 5.69 Å². The van der Waals surface area contributed by atoms with Crippen molar-refractivity contribution in [1.82, 2.24) is 0 Å². The molecule has 0 amide bonds. The van der Waals surface area contributed by atoms with Crippen LogP contribution in [0.3, 0.4) is 0 Å². The summed E-state index contributed by atoms with van der Waals surface area (Å²) >= 11 is 3.75. The highest BCUT2D eigenvalue weighted by atomic mass is 32.1. The normalized spacial score (nSPS) is 11.9. The van der Waals surface area contributed by atoms with Crippen LogP contribution in [0.1, 0.15) is 0 Å². The largest absolute Gasteiger partial charge is 0.309 e. The number of hydrogen-bond acceptors (Lipinski definition) is 3. The first-order valence-electron chi connectivity index (χ1n) is 19.4. The van der Waals surface area contributed by atoms with Crippen molar-refractivity contribution >= 4 is 112 Å². The summed E-state index contributed by atoms with van der Waals surface area (Å²) in [5.41, 5.74) is 8.38. The molecule has 2 heterocycles. The zero-order chi connectivity index (χ0) is 37.5. The van der Waals surface area contributed by atoms with E-state index in [1.54, 1.807) is 0 Å². The smallest absolute Gasteiger partial charge is 0.0625 e. The highest BCUT2D eigenvalue weighted by Gasteiger charge is 2.25. The van der Waals surface area contributed by atoms with Gasteiger partial charge in [-0.2, -0.15) is 0 Å². The Morgan fingerprint density at radius 1 is 0.316 bits per heavy atom. The van der Waals surface area contributed by atoms with Crippen molar-refractivity contribution in [2.24, 2.45) is 0 Å². The molecule has 0 atom stereocenters. The molecule has 0 fully saturated rings. The second-order valence-corrected chi connectivity index (χ2v) is 16.9. The molecule has 1 nitrogen and oxygen atoms in total. The van der Waals surface area contributed by atoms with Gasteiger partial charge in [-0.1, -0.05) is 164 Å². The molecule has 0 aliphatic carbocycles. The Labute approximate surface area is 337 Å². The molecule has 12 aromatic rings. The summed E-state index contributed by atoms with van der Waals surface area (Å²) in [7, 11) is 0. The van der Waals surface area contributed by atoms with E-state index in [1.165, 1.54) is 101 Å². The molecule has 0 saturated carbocycles. The third-order valence-corrected chi connectivity index (χ3v) is 14.0. The number of nitrogens with zero attached hydrogens (tertiary/aromatic N) is 1. The van der Waals surface area contributed by atoms with Crippen LogP contribution >= 0.6 is 22.7 Å². The van der Waals surface area contributed by atoms with E-state index in [0.29, 0.717) is 0 Å². The molecule has 12 rings (SSSR count).